The first-order valence-electron chi connectivity index (χ1n) is 4.95. The lowest BCUT2D eigenvalue weighted by molar-refractivity contribution is -0.346. The predicted octanol–water partition coefficient (Wildman–Crippen LogP) is 2.71. The molecule has 94 valence electrons. The molecule has 1 aliphatic rings. The third-order valence-corrected chi connectivity index (χ3v) is 3.29. The Balaban J connectivity index is 2.55. The molecule has 0 aromatic carbocycles. The number of nitrogens with zero attached hydrogens (tertiary/aromatic N) is 1. The summed E-state index contributed by atoms with van der Waals surface area (Å²) in [4.78, 5) is 0. The first-order chi connectivity index (χ1) is 7.22. The van der Waals surface area contributed by atoms with Crippen LogP contribution in [0.15, 0.2) is 5.10 Å². The Morgan fingerprint density at radius 1 is 1.44 bits per heavy atom. The molecule has 3 nitrogen and oxygen atoms in total. The van der Waals surface area contributed by atoms with E-state index < -0.39 is 12.5 Å². The number of hydrogen-bond acceptors (Lipinski definition) is 3. The lowest BCUT2D eigenvalue weighted by Gasteiger charge is -2.28. The minimum Gasteiger partial charge on any atom is -0.305 e. The second-order valence-electron chi connectivity index (χ2n) is 4.01. The van der Waals surface area contributed by atoms with Crippen molar-refractivity contribution in [2.75, 3.05) is 0 Å². The summed E-state index contributed by atoms with van der Waals surface area (Å²) in [6.45, 7) is 4.88. The van der Waals surface area contributed by atoms with E-state index in [0.29, 0.717) is 5.17 Å². The fourth-order valence-corrected chi connectivity index (χ4v) is 1.87. The normalized spacial score (nSPS) is 29.6. The predicted molar refractivity (Wildman–Crippen MR) is 55.1 cm³/mol. The summed E-state index contributed by atoms with van der Waals surface area (Å²) in [6, 6.07) is -0.232. The maximum absolute atomic E-state index is 12.0. The Kier molecular flexibility index (Phi) is 4.07. The van der Waals surface area contributed by atoms with E-state index in [0.717, 1.165) is 0 Å². The van der Waals surface area contributed by atoms with Crippen molar-refractivity contribution in [3.8, 4) is 0 Å². The molecule has 0 saturated heterocycles. The molecule has 1 heterocycles. The van der Waals surface area contributed by atoms with E-state index in [-0.39, 0.29) is 17.9 Å². The average Bonchev–Trinajstić information content (AvgIpc) is 2.44. The first kappa shape index (κ1) is 13.6. The number of alkyl halides is 3. The van der Waals surface area contributed by atoms with Gasteiger partial charge in [0.2, 0.25) is 0 Å². The fourth-order valence-electron chi connectivity index (χ4n) is 1.68. The number of rotatable bonds is 3. The molecule has 0 fully saturated rings. The molecular weight excluding hydrogens is 245 g/mol. The minimum absolute atomic E-state index is 0.101. The lowest BCUT2D eigenvalue weighted by atomic mass is 9.89. The highest BCUT2D eigenvalue weighted by molar-refractivity contribution is 6.66. The van der Waals surface area contributed by atoms with Crippen LogP contribution in [0.2, 0.25) is 0 Å². The Hall–Kier alpha value is -0.490. The number of hydrogen-bond donors (Lipinski definition) is 1. The van der Waals surface area contributed by atoms with Crippen molar-refractivity contribution < 1.29 is 17.9 Å². The van der Waals surface area contributed by atoms with E-state index in [1.165, 1.54) is 6.92 Å². The van der Waals surface area contributed by atoms with Gasteiger partial charge in [0.15, 0.2) is 0 Å². The summed E-state index contributed by atoms with van der Waals surface area (Å²) in [5, 5.41) is 4.18. The van der Waals surface area contributed by atoms with Crippen LogP contribution in [0, 0.1) is 11.8 Å². The highest BCUT2D eigenvalue weighted by Gasteiger charge is 2.39. The largest absolute Gasteiger partial charge is 0.522 e. The van der Waals surface area contributed by atoms with Crippen LogP contribution in [0.1, 0.15) is 20.8 Å². The van der Waals surface area contributed by atoms with Crippen molar-refractivity contribution in [2.24, 2.45) is 16.9 Å². The average molecular weight is 259 g/mol. The molecular formula is C9H14ClF3N2O. The van der Waals surface area contributed by atoms with Gasteiger partial charge in [0.05, 0.1) is 12.1 Å². The smallest absolute Gasteiger partial charge is 0.305 e. The summed E-state index contributed by atoms with van der Waals surface area (Å²) >= 11 is 5.76. The zero-order chi connectivity index (χ0) is 12.5. The van der Waals surface area contributed by atoms with Crippen molar-refractivity contribution in [1.29, 1.82) is 0 Å². The van der Waals surface area contributed by atoms with Crippen molar-refractivity contribution in [3.63, 3.8) is 0 Å². The Labute approximate surface area is 97.0 Å². The van der Waals surface area contributed by atoms with Gasteiger partial charge in [-0.1, -0.05) is 25.4 Å². The molecule has 1 N–H and O–H groups in total. The SMILES string of the molecule is C[C@@H]([C@@H]1NN=C(Cl)[C@@H]1C)[C@H](C)OC(F)(F)F. The van der Waals surface area contributed by atoms with Crippen LogP contribution < -0.4 is 5.43 Å². The molecule has 0 aromatic rings. The van der Waals surface area contributed by atoms with E-state index >= 15 is 0 Å². The third kappa shape index (κ3) is 3.25. The molecule has 7 heteroatoms. The van der Waals surface area contributed by atoms with E-state index in [4.69, 9.17) is 11.6 Å². The van der Waals surface area contributed by atoms with Gasteiger partial charge in [-0.25, -0.2) is 0 Å². The van der Waals surface area contributed by atoms with Gasteiger partial charge in [-0.3, -0.25) is 4.74 Å². The van der Waals surface area contributed by atoms with Crippen LogP contribution in [0.5, 0.6) is 0 Å². The molecule has 0 unspecified atom stereocenters. The highest BCUT2D eigenvalue weighted by atomic mass is 35.5. The summed E-state index contributed by atoms with van der Waals surface area (Å²) in [7, 11) is 0. The molecule has 0 amide bonds. The summed E-state index contributed by atoms with van der Waals surface area (Å²) in [5.41, 5.74) is 2.73. The number of nitrogens with one attached hydrogen (secondary N) is 1. The molecule has 1 rings (SSSR count). The molecule has 0 aromatic heterocycles. The van der Waals surface area contributed by atoms with Crippen molar-refractivity contribution in [3.05, 3.63) is 0 Å². The van der Waals surface area contributed by atoms with Crippen LogP contribution in [0.4, 0.5) is 13.2 Å². The topological polar surface area (TPSA) is 33.6 Å². The van der Waals surface area contributed by atoms with Crippen molar-refractivity contribution >= 4 is 16.8 Å². The molecule has 16 heavy (non-hydrogen) atoms. The van der Waals surface area contributed by atoms with Crippen LogP contribution >= 0.6 is 11.6 Å². The molecule has 0 aliphatic carbocycles. The van der Waals surface area contributed by atoms with Crippen molar-refractivity contribution in [1.82, 2.24) is 5.43 Å². The van der Waals surface area contributed by atoms with Crippen LogP contribution in [0.3, 0.4) is 0 Å². The maximum Gasteiger partial charge on any atom is 0.522 e. The molecule has 0 bridgehead atoms. The third-order valence-electron chi connectivity index (χ3n) is 2.86. The zero-order valence-corrected chi connectivity index (χ0v) is 9.93. The summed E-state index contributed by atoms with van der Waals surface area (Å²) < 4.78 is 40.1. The van der Waals surface area contributed by atoms with Gasteiger partial charge >= 0.3 is 6.36 Å². The quantitative estimate of drug-likeness (QED) is 0.844. The standard InChI is InChI=1S/C9H14ClF3N2O/c1-4(6(3)16-9(11,12)13)7-5(2)8(10)15-14-7/h4-7,14H,1-3H3/t4-,5-,6+,7+/m1/s1. The lowest BCUT2D eigenvalue weighted by Crippen LogP contribution is -2.41. The van der Waals surface area contributed by atoms with E-state index in [9.17, 15) is 13.2 Å². The van der Waals surface area contributed by atoms with Crippen LogP contribution in [-0.2, 0) is 4.74 Å². The molecule has 4 atom stereocenters. The first-order valence-corrected chi connectivity index (χ1v) is 5.33. The van der Waals surface area contributed by atoms with Gasteiger partial charge in [0.25, 0.3) is 0 Å². The highest BCUT2D eigenvalue weighted by Crippen LogP contribution is 2.28. The summed E-state index contributed by atoms with van der Waals surface area (Å²) in [6.07, 6.45) is -5.56. The molecule has 0 saturated carbocycles. The van der Waals surface area contributed by atoms with Gasteiger partial charge in [0.1, 0.15) is 5.17 Å². The van der Waals surface area contributed by atoms with Gasteiger partial charge in [-0.2, -0.15) is 5.10 Å². The maximum atomic E-state index is 12.0. The van der Waals surface area contributed by atoms with E-state index in [1.54, 1.807) is 6.92 Å². The fraction of sp³-hybridized carbons (Fsp3) is 0.889. The Morgan fingerprint density at radius 3 is 2.38 bits per heavy atom. The Bertz CT molecular complexity index is 282. The van der Waals surface area contributed by atoms with E-state index in [2.05, 4.69) is 15.3 Å². The molecule has 1 aliphatic heterocycles. The second-order valence-corrected chi connectivity index (χ2v) is 4.39. The van der Waals surface area contributed by atoms with Gasteiger partial charge in [0, 0.05) is 11.8 Å². The van der Waals surface area contributed by atoms with Crippen molar-refractivity contribution in [2.45, 2.75) is 39.3 Å². The van der Waals surface area contributed by atoms with Gasteiger partial charge in [-0.05, 0) is 6.92 Å². The number of halogens is 4. The van der Waals surface area contributed by atoms with Crippen LogP contribution in [-0.4, -0.2) is 23.7 Å². The van der Waals surface area contributed by atoms with Gasteiger partial charge in [-0.15, -0.1) is 13.2 Å². The number of hydrazone groups is 1. The monoisotopic (exact) mass is 258 g/mol. The second kappa shape index (κ2) is 4.79. The Morgan fingerprint density at radius 2 is 2.00 bits per heavy atom. The summed E-state index contributed by atoms with van der Waals surface area (Å²) in [5.74, 6) is -0.451. The minimum atomic E-state index is -4.61. The van der Waals surface area contributed by atoms with Gasteiger partial charge < -0.3 is 5.43 Å². The zero-order valence-electron chi connectivity index (χ0n) is 9.18. The van der Waals surface area contributed by atoms with Crippen LogP contribution in [0.25, 0.3) is 0 Å². The molecule has 0 spiro atoms. The molecule has 0 radical (unpaired) electrons. The van der Waals surface area contributed by atoms with E-state index in [1.807, 2.05) is 6.92 Å². The number of ether oxygens (including phenoxy) is 1.